The van der Waals surface area contributed by atoms with Crippen LogP contribution in [0.25, 0.3) is 0 Å². The summed E-state index contributed by atoms with van der Waals surface area (Å²) < 4.78 is 29.7. The molecule has 0 aliphatic heterocycles. The molecule has 242 valence electrons. The minimum Gasteiger partial charge on any atom is -0.354 e. The van der Waals surface area contributed by atoms with E-state index in [0.29, 0.717) is 17.3 Å². The third-order valence-corrected chi connectivity index (χ3v) is 9.60. The van der Waals surface area contributed by atoms with Gasteiger partial charge < -0.3 is 10.2 Å². The number of nitrogens with zero attached hydrogens (tertiary/aromatic N) is 2. The quantitative estimate of drug-likeness (QED) is 0.170. The third kappa shape index (κ3) is 9.21. The van der Waals surface area contributed by atoms with Crippen molar-refractivity contribution in [1.29, 1.82) is 0 Å². The Kier molecular flexibility index (Phi) is 11.7. The molecule has 0 spiro atoms. The zero-order valence-corrected chi connectivity index (χ0v) is 28.6. The number of halogens is 1. The maximum absolute atomic E-state index is 14.6. The second-order valence-electron chi connectivity index (χ2n) is 12.2. The molecule has 0 saturated carbocycles. The van der Waals surface area contributed by atoms with E-state index in [4.69, 9.17) is 11.6 Å². The van der Waals surface area contributed by atoms with Crippen molar-refractivity contribution < 1.29 is 18.0 Å². The van der Waals surface area contributed by atoms with Gasteiger partial charge in [0.25, 0.3) is 10.0 Å². The van der Waals surface area contributed by atoms with E-state index >= 15 is 0 Å². The normalized spacial score (nSPS) is 12.1. The van der Waals surface area contributed by atoms with Gasteiger partial charge in [-0.2, -0.15) is 0 Å². The topological polar surface area (TPSA) is 86.8 Å². The van der Waals surface area contributed by atoms with Crippen LogP contribution in [0.1, 0.15) is 41.7 Å². The fourth-order valence-electron chi connectivity index (χ4n) is 5.27. The van der Waals surface area contributed by atoms with E-state index in [-0.39, 0.29) is 29.7 Å². The van der Waals surface area contributed by atoms with E-state index in [9.17, 15) is 18.0 Å². The van der Waals surface area contributed by atoms with Crippen molar-refractivity contribution in [3.05, 3.63) is 130 Å². The second kappa shape index (κ2) is 15.4. The lowest BCUT2D eigenvalue weighted by molar-refractivity contribution is -0.140. The first-order chi connectivity index (χ1) is 21.8. The first-order valence-corrected chi connectivity index (χ1v) is 17.2. The molecule has 46 heavy (non-hydrogen) atoms. The fourth-order valence-corrected chi connectivity index (χ4v) is 6.88. The van der Waals surface area contributed by atoms with Gasteiger partial charge in [-0.15, -0.1) is 0 Å². The highest BCUT2D eigenvalue weighted by atomic mass is 35.5. The zero-order chi connectivity index (χ0) is 33.4. The molecule has 4 aromatic carbocycles. The Morgan fingerprint density at radius 1 is 0.783 bits per heavy atom. The van der Waals surface area contributed by atoms with Crippen LogP contribution >= 0.6 is 11.6 Å². The Balaban J connectivity index is 1.82. The summed E-state index contributed by atoms with van der Waals surface area (Å²) in [6.45, 7) is 9.62. The molecule has 2 amide bonds. The number of rotatable bonds is 13. The van der Waals surface area contributed by atoms with Gasteiger partial charge in [-0.3, -0.25) is 13.9 Å². The highest BCUT2D eigenvalue weighted by Gasteiger charge is 2.34. The fraction of sp³-hybridized carbons (Fsp3) is 0.297. The first-order valence-electron chi connectivity index (χ1n) is 15.4. The van der Waals surface area contributed by atoms with Gasteiger partial charge in [0.2, 0.25) is 11.8 Å². The summed E-state index contributed by atoms with van der Waals surface area (Å²) in [5.74, 6) is -0.638. The molecule has 0 unspecified atom stereocenters. The average molecular weight is 660 g/mol. The van der Waals surface area contributed by atoms with E-state index < -0.39 is 28.5 Å². The molecule has 0 fully saturated rings. The minimum atomic E-state index is -4.17. The lowest BCUT2D eigenvalue weighted by Gasteiger charge is -2.34. The Morgan fingerprint density at radius 3 is 2.02 bits per heavy atom. The van der Waals surface area contributed by atoms with Crippen molar-refractivity contribution in [1.82, 2.24) is 10.2 Å². The molecule has 0 aliphatic carbocycles. The van der Waals surface area contributed by atoms with Gasteiger partial charge in [-0.25, -0.2) is 8.42 Å². The summed E-state index contributed by atoms with van der Waals surface area (Å²) >= 11 is 6.33. The molecule has 0 heterocycles. The highest BCUT2D eigenvalue weighted by Crippen LogP contribution is 2.27. The number of hydrogen-bond acceptors (Lipinski definition) is 4. The molecular weight excluding hydrogens is 618 g/mol. The number of carbonyl (C=O) groups excluding carboxylic acids is 2. The van der Waals surface area contributed by atoms with Crippen LogP contribution in [0.5, 0.6) is 0 Å². The molecule has 0 radical (unpaired) electrons. The number of amides is 2. The van der Waals surface area contributed by atoms with Crippen LogP contribution in [0.4, 0.5) is 5.69 Å². The first kappa shape index (κ1) is 34.7. The van der Waals surface area contributed by atoms with Crippen molar-refractivity contribution >= 4 is 39.1 Å². The van der Waals surface area contributed by atoms with E-state index in [1.165, 1.54) is 4.90 Å². The van der Waals surface area contributed by atoms with E-state index in [2.05, 4.69) is 5.32 Å². The van der Waals surface area contributed by atoms with E-state index in [1.807, 2.05) is 77.1 Å². The minimum absolute atomic E-state index is 0.0528. The summed E-state index contributed by atoms with van der Waals surface area (Å²) in [6.07, 6.45) is 0.241. The molecule has 4 aromatic rings. The Labute approximate surface area is 278 Å². The maximum Gasteiger partial charge on any atom is 0.264 e. The van der Waals surface area contributed by atoms with Crippen molar-refractivity contribution in [3.63, 3.8) is 0 Å². The summed E-state index contributed by atoms with van der Waals surface area (Å²) in [5.41, 5.74) is 4.59. The Bertz CT molecular complexity index is 1740. The van der Waals surface area contributed by atoms with Crippen LogP contribution in [-0.4, -0.2) is 44.3 Å². The van der Waals surface area contributed by atoms with Crippen LogP contribution in [-0.2, 0) is 32.6 Å². The van der Waals surface area contributed by atoms with E-state index in [0.717, 1.165) is 32.1 Å². The Morgan fingerprint density at radius 2 is 1.41 bits per heavy atom. The number of sulfonamides is 1. The van der Waals surface area contributed by atoms with Crippen LogP contribution in [0.2, 0.25) is 5.02 Å². The van der Waals surface area contributed by atoms with Gasteiger partial charge in [-0.1, -0.05) is 91.7 Å². The van der Waals surface area contributed by atoms with Crippen LogP contribution in [0.15, 0.2) is 102 Å². The molecule has 1 atom stereocenters. The molecule has 0 bridgehead atoms. The third-order valence-electron chi connectivity index (χ3n) is 7.58. The number of hydrogen-bond donors (Lipinski definition) is 1. The summed E-state index contributed by atoms with van der Waals surface area (Å²) in [4.78, 5) is 30.0. The van der Waals surface area contributed by atoms with Gasteiger partial charge in [0.05, 0.1) is 10.6 Å². The van der Waals surface area contributed by atoms with Gasteiger partial charge in [0, 0.05) is 24.5 Å². The maximum atomic E-state index is 14.6. The number of benzene rings is 4. The molecule has 0 saturated heterocycles. The summed E-state index contributed by atoms with van der Waals surface area (Å²) in [5, 5.41) is 3.50. The average Bonchev–Trinajstić information content (AvgIpc) is 3.00. The number of anilines is 1. The summed E-state index contributed by atoms with van der Waals surface area (Å²) in [7, 11) is -4.17. The van der Waals surface area contributed by atoms with Crippen molar-refractivity contribution in [3.8, 4) is 0 Å². The van der Waals surface area contributed by atoms with Crippen molar-refractivity contribution in [2.45, 2.75) is 58.5 Å². The molecule has 4 rings (SSSR count). The molecule has 0 aliphatic rings. The van der Waals surface area contributed by atoms with Gasteiger partial charge in [0.1, 0.15) is 12.6 Å². The lowest BCUT2D eigenvalue weighted by atomic mass is 10.0. The van der Waals surface area contributed by atoms with Crippen LogP contribution < -0.4 is 9.62 Å². The molecule has 1 N–H and O–H groups in total. The smallest absolute Gasteiger partial charge is 0.264 e. The number of nitrogens with one attached hydrogen (secondary N) is 1. The standard InChI is InChI=1S/C37H42ClN3O4S/c1-26(2)23-39-37(43)35(22-30-10-7-6-8-11-30)40(24-31-12-9-13-32(38)21-31)36(42)25-41(33-19-28(4)18-29(5)20-33)46(44,45)34-16-14-27(3)15-17-34/h6-21,26,35H,22-25H2,1-5H3,(H,39,43)/t35-/m1/s1. The van der Waals surface area contributed by atoms with Gasteiger partial charge in [0.15, 0.2) is 0 Å². The van der Waals surface area contributed by atoms with Crippen LogP contribution in [0.3, 0.4) is 0 Å². The van der Waals surface area contributed by atoms with Gasteiger partial charge in [-0.05, 0) is 85.3 Å². The van der Waals surface area contributed by atoms with E-state index in [1.54, 1.807) is 54.6 Å². The monoisotopic (exact) mass is 659 g/mol. The largest absolute Gasteiger partial charge is 0.354 e. The molecule has 0 aromatic heterocycles. The SMILES string of the molecule is Cc1ccc(S(=O)(=O)N(CC(=O)N(Cc2cccc(Cl)c2)[C@H](Cc2ccccc2)C(=O)NCC(C)C)c2cc(C)cc(C)c2)cc1. The molecule has 9 heteroatoms. The van der Waals surface area contributed by atoms with Crippen molar-refractivity contribution in [2.75, 3.05) is 17.4 Å². The molecule has 7 nitrogen and oxygen atoms in total. The predicted octanol–water partition coefficient (Wildman–Crippen LogP) is 6.87. The Hall–Kier alpha value is -4.14. The zero-order valence-electron chi connectivity index (χ0n) is 27.0. The van der Waals surface area contributed by atoms with Crippen molar-refractivity contribution in [2.24, 2.45) is 5.92 Å². The van der Waals surface area contributed by atoms with Crippen LogP contribution in [0, 0.1) is 26.7 Å². The highest BCUT2D eigenvalue weighted by molar-refractivity contribution is 7.92. The number of aryl methyl sites for hydroxylation is 3. The molecular formula is C37H42ClN3O4S. The predicted molar refractivity (Wildman–Crippen MR) is 185 cm³/mol. The lowest BCUT2D eigenvalue weighted by Crippen LogP contribution is -2.53. The number of carbonyl (C=O) groups is 2. The van der Waals surface area contributed by atoms with Gasteiger partial charge >= 0.3 is 0 Å². The second-order valence-corrected chi connectivity index (χ2v) is 14.5. The summed E-state index contributed by atoms with van der Waals surface area (Å²) in [6, 6.07) is 27.7.